The molecule has 0 aliphatic carbocycles. The number of aryl methyl sites for hydroxylation is 1. The number of hydrogen-bond acceptors (Lipinski definition) is 6. The van der Waals surface area contributed by atoms with Gasteiger partial charge in [-0.05, 0) is 19.1 Å². The first kappa shape index (κ1) is 17.1. The molecule has 1 atom stereocenters. The van der Waals surface area contributed by atoms with E-state index in [1.807, 2.05) is 31.2 Å². The van der Waals surface area contributed by atoms with Crippen LogP contribution in [0.3, 0.4) is 0 Å². The number of carbonyl (C=O) groups excluding carboxylic acids is 1. The highest BCUT2D eigenvalue weighted by molar-refractivity contribution is 7.80. The lowest BCUT2D eigenvalue weighted by molar-refractivity contribution is 0.202. The molecule has 1 aliphatic heterocycles. The van der Waals surface area contributed by atoms with Gasteiger partial charge in [0, 0.05) is 12.6 Å². The largest absolute Gasteiger partial charge is 0.457 e. The number of anilines is 1. The Bertz CT molecular complexity index is 765. The molecule has 1 aromatic heterocycles. The summed E-state index contributed by atoms with van der Waals surface area (Å²) >= 11 is 12.4. The molecule has 1 saturated heterocycles. The predicted octanol–water partition coefficient (Wildman–Crippen LogP) is 3.18. The summed E-state index contributed by atoms with van der Waals surface area (Å²) in [5, 5.41) is 9.44. The van der Waals surface area contributed by atoms with Gasteiger partial charge in [0.1, 0.15) is 5.01 Å². The van der Waals surface area contributed by atoms with Crippen molar-refractivity contribution in [2.24, 2.45) is 0 Å². The molecule has 3 rings (SSSR count). The van der Waals surface area contributed by atoms with Crippen LogP contribution in [0.2, 0.25) is 0 Å². The monoisotopic (exact) mass is 382 g/mol. The minimum absolute atomic E-state index is 0.205. The van der Waals surface area contributed by atoms with Crippen molar-refractivity contribution < 1.29 is 9.53 Å². The summed E-state index contributed by atoms with van der Waals surface area (Å²) < 4.78 is 5.89. The van der Waals surface area contributed by atoms with Crippen LogP contribution in [0.5, 0.6) is 0 Å². The molecule has 0 spiro atoms. The first-order chi connectivity index (χ1) is 11.5. The van der Waals surface area contributed by atoms with Gasteiger partial charge in [0.05, 0.1) is 12.4 Å². The molecule has 0 saturated carbocycles. The zero-order chi connectivity index (χ0) is 17.3. The fourth-order valence-electron chi connectivity index (χ4n) is 2.27. The van der Waals surface area contributed by atoms with Crippen LogP contribution in [0.25, 0.3) is 0 Å². The number of carbonyl (C=O) groups is 1. The number of urea groups is 1. The second-order valence-electron chi connectivity index (χ2n) is 5.37. The first-order valence-electron chi connectivity index (χ1n) is 7.20. The van der Waals surface area contributed by atoms with E-state index in [2.05, 4.69) is 10.2 Å². The molecule has 6 nitrogen and oxygen atoms in total. The third-order valence-electron chi connectivity index (χ3n) is 3.56. The molecule has 2 aromatic rings. The summed E-state index contributed by atoms with van der Waals surface area (Å²) in [7, 11) is 1.71. The number of thiocarbonyl (C=S) groups is 1. The molecular weight excluding hydrogens is 368 g/mol. The normalized spacial score (nSPS) is 17.5. The Morgan fingerprint density at radius 2 is 2.12 bits per heavy atom. The number of likely N-dealkylation sites (N-methyl/N-ethyl adjacent to an activating group) is 1. The zero-order valence-electron chi connectivity index (χ0n) is 13.1. The number of nitrogens with zero attached hydrogens (tertiary/aromatic N) is 4. The molecule has 0 bridgehead atoms. The second kappa shape index (κ2) is 7.00. The molecule has 0 N–H and O–H groups in total. The summed E-state index contributed by atoms with van der Waals surface area (Å²) in [6, 6.07) is 7.53. The fourth-order valence-corrected chi connectivity index (χ4v) is 3.46. The van der Waals surface area contributed by atoms with E-state index < -0.39 is 6.23 Å². The highest BCUT2D eigenvalue weighted by Crippen LogP contribution is 2.29. The number of rotatable bonds is 4. The van der Waals surface area contributed by atoms with Crippen molar-refractivity contribution in [1.29, 1.82) is 0 Å². The number of hydrogen-bond donors (Lipinski definition) is 0. The van der Waals surface area contributed by atoms with Crippen LogP contribution in [-0.2, 0) is 10.6 Å². The zero-order valence-corrected chi connectivity index (χ0v) is 15.5. The van der Waals surface area contributed by atoms with Gasteiger partial charge in [0.25, 0.3) is 0 Å². The van der Waals surface area contributed by atoms with E-state index in [-0.39, 0.29) is 11.9 Å². The maximum atomic E-state index is 12.4. The molecule has 1 unspecified atom stereocenters. The standard InChI is InChI=1S/C15H15ClN4O2S2/c1-9-3-5-10(6-4-9)13(23)22-12-8-19(2)15(21)20(12)14-18-17-11(7-16)24-14/h3-6,12H,7-8H2,1-2H3. The third kappa shape index (κ3) is 3.35. The minimum atomic E-state index is -0.549. The van der Waals surface area contributed by atoms with Gasteiger partial charge in [-0.15, -0.1) is 21.8 Å². The van der Waals surface area contributed by atoms with E-state index in [0.717, 1.165) is 11.1 Å². The molecule has 24 heavy (non-hydrogen) atoms. The number of aromatic nitrogens is 2. The summed E-state index contributed by atoms with van der Waals surface area (Å²) in [4.78, 5) is 15.4. The summed E-state index contributed by atoms with van der Waals surface area (Å²) in [6.07, 6.45) is -0.549. The smallest absolute Gasteiger partial charge is 0.329 e. The number of halogens is 1. The maximum Gasteiger partial charge on any atom is 0.329 e. The van der Waals surface area contributed by atoms with E-state index >= 15 is 0 Å². The van der Waals surface area contributed by atoms with Crippen molar-refractivity contribution in [3.8, 4) is 0 Å². The lowest BCUT2D eigenvalue weighted by atomic mass is 10.2. The van der Waals surface area contributed by atoms with Crippen LogP contribution in [0.1, 0.15) is 16.1 Å². The Kier molecular flexibility index (Phi) is 4.98. The van der Waals surface area contributed by atoms with Crippen LogP contribution in [0, 0.1) is 6.92 Å². The van der Waals surface area contributed by atoms with Crippen LogP contribution in [0.15, 0.2) is 24.3 Å². The van der Waals surface area contributed by atoms with Crippen LogP contribution in [0.4, 0.5) is 9.93 Å². The quantitative estimate of drug-likeness (QED) is 0.600. The van der Waals surface area contributed by atoms with Crippen molar-refractivity contribution in [2.45, 2.75) is 19.0 Å². The van der Waals surface area contributed by atoms with E-state index in [9.17, 15) is 4.79 Å². The molecule has 0 radical (unpaired) electrons. The predicted molar refractivity (Wildman–Crippen MR) is 97.7 cm³/mol. The van der Waals surface area contributed by atoms with Gasteiger partial charge < -0.3 is 9.64 Å². The molecule has 9 heteroatoms. The van der Waals surface area contributed by atoms with E-state index in [1.165, 1.54) is 16.2 Å². The number of amides is 2. The third-order valence-corrected chi connectivity index (χ3v) is 5.22. The van der Waals surface area contributed by atoms with Gasteiger partial charge in [-0.1, -0.05) is 41.2 Å². The Labute approximate surface area is 154 Å². The minimum Gasteiger partial charge on any atom is -0.457 e. The highest BCUT2D eigenvalue weighted by Gasteiger charge is 2.40. The lowest BCUT2D eigenvalue weighted by Gasteiger charge is -2.21. The van der Waals surface area contributed by atoms with Gasteiger partial charge in [-0.3, -0.25) is 0 Å². The van der Waals surface area contributed by atoms with Gasteiger partial charge in [0.15, 0.2) is 5.05 Å². The fraction of sp³-hybridized carbons (Fsp3) is 0.333. The van der Waals surface area contributed by atoms with Crippen LogP contribution < -0.4 is 4.90 Å². The molecule has 2 amide bonds. The Balaban J connectivity index is 1.81. The van der Waals surface area contributed by atoms with E-state index in [4.69, 9.17) is 28.6 Å². The first-order valence-corrected chi connectivity index (χ1v) is 8.96. The summed E-state index contributed by atoms with van der Waals surface area (Å²) in [5.74, 6) is 0.253. The Morgan fingerprint density at radius 1 is 1.42 bits per heavy atom. The number of ether oxygens (including phenoxy) is 1. The van der Waals surface area contributed by atoms with Gasteiger partial charge in [-0.25, -0.2) is 9.69 Å². The highest BCUT2D eigenvalue weighted by atomic mass is 35.5. The average molecular weight is 383 g/mol. The Hall–Kier alpha value is -1.77. The van der Waals surface area contributed by atoms with Gasteiger partial charge >= 0.3 is 6.03 Å². The van der Waals surface area contributed by atoms with E-state index in [0.29, 0.717) is 21.7 Å². The SMILES string of the molecule is Cc1ccc(C(=S)OC2CN(C)C(=O)N2c2nnc(CCl)s2)cc1. The molecule has 1 aromatic carbocycles. The van der Waals surface area contributed by atoms with Gasteiger partial charge in [-0.2, -0.15) is 0 Å². The molecular formula is C15H15ClN4O2S2. The van der Waals surface area contributed by atoms with Gasteiger partial charge in [0.2, 0.25) is 11.4 Å². The van der Waals surface area contributed by atoms with Crippen LogP contribution in [-0.4, -0.2) is 46.0 Å². The number of benzene rings is 1. The molecule has 1 fully saturated rings. The maximum absolute atomic E-state index is 12.4. The van der Waals surface area contributed by atoms with Crippen LogP contribution >= 0.6 is 35.2 Å². The average Bonchev–Trinajstić information content (AvgIpc) is 3.13. The van der Waals surface area contributed by atoms with Crippen molar-refractivity contribution in [3.05, 3.63) is 40.4 Å². The van der Waals surface area contributed by atoms with Crippen molar-refractivity contribution in [1.82, 2.24) is 15.1 Å². The second-order valence-corrected chi connectivity index (χ2v) is 7.05. The lowest BCUT2D eigenvalue weighted by Crippen LogP contribution is -2.37. The van der Waals surface area contributed by atoms with E-state index in [1.54, 1.807) is 11.9 Å². The number of alkyl halides is 1. The molecule has 2 heterocycles. The molecule has 126 valence electrons. The van der Waals surface area contributed by atoms with Crippen molar-refractivity contribution in [3.63, 3.8) is 0 Å². The Morgan fingerprint density at radius 3 is 2.75 bits per heavy atom. The summed E-state index contributed by atoms with van der Waals surface area (Å²) in [5.41, 5.74) is 1.94. The topological polar surface area (TPSA) is 58.6 Å². The molecule has 1 aliphatic rings. The van der Waals surface area contributed by atoms with Crippen molar-refractivity contribution in [2.75, 3.05) is 18.5 Å². The van der Waals surface area contributed by atoms with Crippen molar-refractivity contribution >= 4 is 51.4 Å². The summed E-state index contributed by atoms with van der Waals surface area (Å²) in [6.45, 7) is 2.39.